The van der Waals surface area contributed by atoms with Crippen LogP contribution in [0.3, 0.4) is 0 Å². The highest BCUT2D eigenvalue weighted by Gasteiger charge is 2.32. The summed E-state index contributed by atoms with van der Waals surface area (Å²) >= 11 is 0. The molecule has 0 aliphatic carbocycles. The molecule has 144 valence electrons. The van der Waals surface area contributed by atoms with Crippen LogP contribution < -0.4 is 15.0 Å². The summed E-state index contributed by atoms with van der Waals surface area (Å²) in [6.07, 6.45) is 3.66. The second-order valence-corrected chi connectivity index (χ2v) is 7.18. The average Bonchev–Trinajstić information content (AvgIpc) is 2.75. The zero-order chi connectivity index (χ0) is 19.1. The van der Waals surface area contributed by atoms with E-state index in [1.807, 2.05) is 54.3 Å². The molecule has 3 rings (SSSR count). The first-order chi connectivity index (χ1) is 13.2. The largest absolute Gasteiger partial charge is 0.497 e. The Morgan fingerprint density at radius 1 is 1.19 bits per heavy atom. The Bertz CT molecular complexity index is 709. The van der Waals surface area contributed by atoms with E-state index in [9.17, 15) is 4.79 Å². The van der Waals surface area contributed by atoms with Crippen LogP contribution in [0.4, 0.5) is 5.69 Å². The molecule has 0 radical (unpaired) electrons. The summed E-state index contributed by atoms with van der Waals surface area (Å²) in [5.74, 6) is 1.49. The lowest BCUT2D eigenvalue weighted by molar-refractivity contribution is -0.119. The molecule has 1 saturated heterocycles. The van der Waals surface area contributed by atoms with E-state index in [1.54, 1.807) is 7.11 Å². The molecule has 2 unspecified atom stereocenters. The molecule has 4 heteroatoms. The van der Waals surface area contributed by atoms with Crippen LogP contribution in [0.15, 0.2) is 54.6 Å². The Labute approximate surface area is 162 Å². The van der Waals surface area contributed by atoms with Crippen molar-refractivity contribution in [1.29, 1.82) is 0 Å². The monoisotopic (exact) mass is 366 g/mol. The fourth-order valence-corrected chi connectivity index (χ4v) is 3.96. The molecule has 1 aliphatic rings. The minimum atomic E-state index is 0.140. The topological polar surface area (TPSA) is 41.6 Å². The SMILES string of the molecule is CCC(=O)N(c1ccccc1)C(Cc1ccc(OC)cc1)C1CCCNC1. The fourth-order valence-electron chi connectivity index (χ4n) is 3.96. The van der Waals surface area contributed by atoms with Gasteiger partial charge in [0.2, 0.25) is 5.91 Å². The van der Waals surface area contributed by atoms with Gasteiger partial charge in [0.25, 0.3) is 0 Å². The van der Waals surface area contributed by atoms with E-state index in [0.717, 1.165) is 43.8 Å². The Hall–Kier alpha value is -2.33. The number of hydrogen-bond donors (Lipinski definition) is 1. The number of benzene rings is 2. The molecule has 0 spiro atoms. The number of nitrogens with zero attached hydrogens (tertiary/aromatic N) is 1. The molecule has 1 aliphatic heterocycles. The van der Waals surface area contributed by atoms with Gasteiger partial charge in [-0.2, -0.15) is 0 Å². The number of amides is 1. The van der Waals surface area contributed by atoms with Crippen molar-refractivity contribution in [2.75, 3.05) is 25.1 Å². The van der Waals surface area contributed by atoms with Crippen molar-refractivity contribution in [2.45, 2.75) is 38.6 Å². The van der Waals surface area contributed by atoms with Crippen molar-refractivity contribution >= 4 is 11.6 Å². The number of carbonyl (C=O) groups excluding carboxylic acids is 1. The molecule has 2 aromatic carbocycles. The van der Waals surface area contributed by atoms with Gasteiger partial charge in [-0.3, -0.25) is 4.79 Å². The lowest BCUT2D eigenvalue weighted by Gasteiger charge is -2.39. The van der Waals surface area contributed by atoms with Gasteiger partial charge in [0, 0.05) is 18.2 Å². The van der Waals surface area contributed by atoms with Crippen molar-refractivity contribution in [3.05, 3.63) is 60.2 Å². The molecule has 1 heterocycles. The van der Waals surface area contributed by atoms with Gasteiger partial charge in [-0.1, -0.05) is 37.3 Å². The number of carbonyl (C=O) groups is 1. The molecule has 27 heavy (non-hydrogen) atoms. The third-order valence-corrected chi connectivity index (χ3v) is 5.42. The van der Waals surface area contributed by atoms with Crippen LogP contribution in [-0.2, 0) is 11.2 Å². The molecular formula is C23H30N2O2. The van der Waals surface area contributed by atoms with Crippen molar-refractivity contribution in [3.63, 3.8) is 0 Å². The average molecular weight is 367 g/mol. The molecule has 4 nitrogen and oxygen atoms in total. The van der Waals surface area contributed by atoms with E-state index in [-0.39, 0.29) is 11.9 Å². The summed E-state index contributed by atoms with van der Waals surface area (Å²) < 4.78 is 5.29. The second kappa shape index (κ2) is 9.56. The van der Waals surface area contributed by atoms with Crippen molar-refractivity contribution < 1.29 is 9.53 Å². The molecule has 0 saturated carbocycles. The summed E-state index contributed by atoms with van der Waals surface area (Å²) in [4.78, 5) is 15.0. The Kier molecular flexibility index (Phi) is 6.88. The summed E-state index contributed by atoms with van der Waals surface area (Å²) in [7, 11) is 1.68. The molecule has 1 amide bonds. The van der Waals surface area contributed by atoms with E-state index in [2.05, 4.69) is 17.4 Å². The van der Waals surface area contributed by atoms with Crippen LogP contribution in [0.2, 0.25) is 0 Å². The quantitative estimate of drug-likeness (QED) is 0.804. The van der Waals surface area contributed by atoms with Crippen molar-refractivity contribution in [2.24, 2.45) is 5.92 Å². The Balaban J connectivity index is 1.93. The van der Waals surface area contributed by atoms with Crippen molar-refractivity contribution in [3.8, 4) is 5.75 Å². The number of anilines is 1. The first-order valence-electron chi connectivity index (χ1n) is 9.93. The molecule has 2 atom stereocenters. The predicted molar refractivity (Wildman–Crippen MR) is 110 cm³/mol. The van der Waals surface area contributed by atoms with Gasteiger partial charge in [-0.15, -0.1) is 0 Å². The summed E-state index contributed by atoms with van der Waals surface area (Å²) in [5.41, 5.74) is 2.23. The number of piperidine rings is 1. The van der Waals surface area contributed by atoms with E-state index in [0.29, 0.717) is 12.3 Å². The van der Waals surface area contributed by atoms with Crippen LogP contribution >= 0.6 is 0 Å². The van der Waals surface area contributed by atoms with Gasteiger partial charge in [0.15, 0.2) is 0 Å². The standard InChI is InChI=1S/C23H30N2O2/c1-3-23(26)25(20-9-5-4-6-10-20)22(19-8-7-15-24-17-19)16-18-11-13-21(27-2)14-12-18/h4-6,9-14,19,22,24H,3,7-8,15-17H2,1-2H3. The molecule has 1 fully saturated rings. The fraction of sp³-hybridized carbons (Fsp3) is 0.435. The minimum absolute atomic E-state index is 0.140. The lowest BCUT2D eigenvalue weighted by Crippen LogP contribution is -2.50. The van der Waals surface area contributed by atoms with Crippen molar-refractivity contribution in [1.82, 2.24) is 5.32 Å². The maximum Gasteiger partial charge on any atom is 0.226 e. The van der Waals surface area contributed by atoms with Crippen LogP contribution in [0.1, 0.15) is 31.7 Å². The molecule has 0 aromatic heterocycles. The Morgan fingerprint density at radius 3 is 2.52 bits per heavy atom. The third kappa shape index (κ3) is 4.89. The predicted octanol–water partition coefficient (Wildman–Crippen LogP) is 4.05. The number of methoxy groups -OCH3 is 1. The smallest absolute Gasteiger partial charge is 0.226 e. The maximum atomic E-state index is 13.0. The summed E-state index contributed by atoms with van der Waals surface area (Å²) in [5, 5.41) is 3.52. The maximum absolute atomic E-state index is 13.0. The number of ether oxygens (including phenoxy) is 1. The van der Waals surface area contributed by atoms with Gasteiger partial charge in [0.1, 0.15) is 5.75 Å². The number of rotatable bonds is 7. The van der Waals surface area contributed by atoms with Crippen LogP contribution in [0.5, 0.6) is 5.75 Å². The van der Waals surface area contributed by atoms with Gasteiger partial charge < -0.3 is 15.0 Å². The van der Waals surface area contributed by atoms with Gasteiger partial charge in [-0.25, -0.2) is 0 Å². The van der Waals surface area contributed by atoms with Crippen LogP contribution in [-0.4, -0.2) is 32.1 Å². The second-order valence-electron chi connectivity index (χ2n) is 7.18. The minimum Gasteiger partial charge on any atom is -0.497 e. The Morgan fingerprint density at radius 2 is 1.93 bits per heavy atom. The molecule has 2 aromatic rings. The highest BCUT2D eigenvalue weighted by Crippen LogP contribution is 2.29. The first kappa shape index (κ1) is 19.4. The van der Waals surface area contributed by atoms with Gasteiger partial charge in [-0.05, 0) is 68.1 Å². The molecule has 1 N–H and O–H groups in total. The zero-order valence-electron chi connectivity index (χ0n) is 16.4. The van der Waals surface area contributed by atoms with Crippen LogP contribution in [0.25, 0.3) is 0 Å². The normalized spacial score (nSPS) is 17.9. The van der Waals surface area contributed by atoms with Gasteiger partial charge in [0.05, 0.1) is 7.11 Å². The zero-order valence-corrected chi connectivity index (χ0v) is 16.4. The number of para-hydroxylation sites is 1. The van der Waals surface area contributed by atoms with Crippen LogP contribution in [0, 0.1) is 5.92 Å². The van der Waals surface area contributed by atoms with E-state index in [1.165, 1.54) is 5.56 Å². The molecular weight excluding hydrogens is 336 g/mol. The lowest BCUT2D eigenvalue weighted by atomic mass is 9.86. The number of hydrogen-bond acceptors (Lipinski definition) is 3. The van der Waals surface area contributed by atoms with E-state index < -0.39 is 0 Å². The van der Waals surface area contributed by atoms with E-state index in [4.69, 9.17) is 4.74 Å². The highest BCUT2D eigenvalue weighted by molar-refractivity contribution is 5.93. The number of nitrogens with one attached hydrogen (secondary N) is 1. The first-order valence-corrected chi connectivity index (χ1v) is 9.93. The highest BCUT2D eigenvalue weighted by atomic mass is 16.5. The third-order valence-electron chi connectivity index (χ3n) is 5.42. The molecule has 0 bridgehead atoms. The summed E-state index contributed by atoms with van der Waals surface area (Å²) in [6.45, 7) is 3.97. The van der Waals surface area contributed by atoms with E-state index >= 15 is 0 Å². The van der Waals surface area contributed by atoms with Gasteiger partial charge >= 0.3 is 0 Å². The summed E-state index contributed by atoms with van der Waals surface area (Å²) in [6, 6.07) is 18.5.